The van der Waals surface area contributed by atoms with Crippen LogP contribution in [0.15, 0.2) is 36.5 Å². The van der Waals surface area contributed by atoms with Crippen molar-refractivity contribution in [1.82, 2.24) is 10.6 Å². The van der Waals surface area contributed by atoms with E-state index in [9.17, 15) is 18.0 Å². The molecule has 0 aromatic heterocycles. The third kappa shape index (κ3) is 1.77. The fourth-order valence-corrected chi connectivity index (χ4v) is 1.62. The number of hydrogen-bond acceptors (Lipinski definition) is 3. The number of carboxylic acid groups (broad SMARTS) is 1. The molecule has 1 aromatic carbocycles. The van der Waals surface area contributed by atoms with Gasteiger partial charge in [-0.1, -0.05) is 30.3 Å². The Morgan fingerprint density at radius 3 is 2.28 bits per heavy atom. The van der Waals surface area contributed by atoms with Crippen LogP contribution in [0.3, 0.4) is 0 Å². The molecule has 0 fully saturated rings. The second-order valence-electron chi connectivity index (χ2n) is 3.75. The van der Waals surface area contributed by atoms with Crippen molar-refractivity contribution in [2.45, 2.75) is 11.8 Å². The largest absolute Gasteiger partial charge is 0.478 e. The molecule has 96 valence electrons. The van der Waals surface area contributed by atoms with E-state index in [1.165, 1.54) is 0 Å². The monoisotopic (exact) mass is 258 g/mol. The summed E-state index contributed by atoms with van der Waals surface area (Å²) in [5, 5.41) is 12.6. The van der Waals surface area contributed by atoms with Gasteiger partial charge in [0.25, 0.3) is 0 Å². The first-order valence-corrected chi connectivity index (χ1v) is 4.98. The Morgan fingerprint density at radius 1 is 1.22 bits per heavy atom. The minimum Gasteiger partial charge on any atom is -0.478 e. The molecule has 0 amide bonds. The quantitative estimate of drug-likeness (QED) is 0.752. The molecule has 0 radical (unpaired) electrons. The van der Waals surface area contributed by atoms with Crippen molar-refractivity contribution in [3.8, 4) is 0 Å². The van der Waals surface area contributed by atoms with Gasteiger partial charge in [0, 0.05) is 6.20 Å². The van der Waals surface area contributed by atoms with Crippen LogP contribution in [0.4, 0.5) is 13.2 Å². The molecule has 2 rings (SSSR count). The van der Waals surface area contributed by atoms with Crippen molar-refractivity contribution >= 4 is 11.7 Å². The summed E-state index contributed by atoms with van der Waals surface area (Å²) in [5.41, 5.74) is -2.62. The fourth-order valence-electron chi connectivity index (χ4n) is 1.62. The zero-order valence-electron chi connectivity index (χ0n) is 8.95. The van der Waals surface area contributed by atoms with Crippen LogP contribution in [0, 0.1) is 0 Å². The highest BCUT2D eigenvalue weighted by molar-refractivity contribution is 5.85. The number of alkyl halides is 3. The molecular weight excluding hydrogens is 249 g/mol. The molecule has 1 unspecified atom stereocenters. The average Bonchev–Trinajstić information content (AvgIpc) is 2.75. The first-order valence-electron chi connectivity index (χ1n) is 4.98. The zero-order chi connectivity index (χ0) is 13.4. The predicted molar refractivity (Wildman–Crippen MR) is 57.1 cm³/mol. The summed E-state index contributed by atoms with van der Waals surface area (Å²) >= 11 is 0. The number of aliphatic carboxylic acids is 1. The van der Waals surface area contributed by atoms with Crippen LogP contribution in [0.2, 0.25) is 0 Å². The van der Waals surface area contributed by atoms with Gasteiger partial charge in [0.2, 0.25) is 0 Å². The number of carboxylic acids is 1. The molecule has 0 saturated heterocycles. The van der Waals surface area contributed by atoms with Crippen molar-refractivity contribution in [2.75, 3.05) is 0 Å². The predicted octanol–water partition coefficient (Wildman–Crippen LogP) is 1.52. The Hall–Kier alpha value is -2.18. The molecule has 1 aromatic rings. The summed E-state index contributed by atoms with van der Waals surface area (Å²) in [4.78, 5) is 10.9. The lowest BCUT2D eigenvalue weighted by molar-refractivity contribution is -0.210. The van der Waals surface area contributed by atoms with Crippen LogP contribution in [0.1, 0.15) is 5.56 Å². The van der Waals surface area contributed by atoms with E-state index in [-0.39, 0.29) is 5.70 Å². The van der Waals surface area contributed by atoms with Gasteiger partial charge in [-0.25, -0.2) is 4.79 Å². The summed E-state index contributed by atoms with van der Waals surface area (Å²) in [5.74, 6) is -2.03. The van der Waals surface area contributed by atoms with Gasteiger partial charge in [-0.15, -0.1) is 0 Å². The van der Waals surface area contributed by atoms with E-state index in [0.717, 1.165) is 6.20 Å². The summed E-state index contributed by atoms with van der Waals surface area (Å²) in [6.45, 7) is 0. The third-order valence-corrected chi connectivity index (χ3v) is 2.59. The maximum atomic E-state index is 12.8. The molecule has 0 bridgehead atoms. The second kappa shape index (κ2) is 3.94. The van der Waals surface area contributed by atoms with Gasteiger partial charge in [-0.05, 0) is 5.56 Å². The maximum Gasteiger partial charge on any atom is 0.441 e. The number of benzene rings is 1. The van der Waals surface area contributed by atoms with Crippen molar-refractivity contribution in [1.29, 1.82) is 0 Å². The molecule has 4 nitrogen and oxygen atoms in total. The lowest BCUT2D eigenvalue weighted by Gasteiger charge is -2.28. The van der Waals surface area contributed by atoms with Gasteiger partial charge in [0.05, 0.1) is 5.70 Å². The summed E-state index contributed by atoms with van der Waals surface area (Å²) in [6, 6.07) is 8.16. The van der Waals surface area contributed by atoms with E-state index in [1.807, 2.05) is 10.6 Å². The van der Waals surface area contributed by atoms with Crippen LogP contribution in [-0.4, -0.2) is 22.9 Å². The van der Waals surface area contributed by atoms with E-state index < -0.39 is 17.8 Å². The first kappa shape index (κ1) is 12.3. The molecule has 1 atom stereocenters. The van der Waals surface area contributed by atoms with Crippen LogP contribution < -0.4 is 10.6 Å². The lowest BCUT2D eigenvalue weighted by atomic mass is 10.1. The molecule has 0 saturated carbocycles. The third-order valence-electron chi connectivity index (χ3n) is 2.59. The topological polar surface area (TPSA) is 61.4 Å². The average molecular weight is 258 g/mol. The molecule has 7 heteroatoms. The minimum absolute atomic E-state index is 0.0790. The van der Waals surface area contributed by atoms with Crippen molar-refractivity contribution < 1.29 is 23.1 Å². The SMILES string of the molecule is O=C(O)C1(C(F)(F)F)NC=C(c2ccccc2)N1. The summed E-state index contributed by atoms with van der Waals surface area (Å²) in [7, 11) is 0. The van der Waals surface area contributed by atoms with E-state index >= 15 is 0 Å². The van der Waals surface area contributed by atoms with Gasteiger partial charge in [0.15, 0.2) is 0 Å². The molecule has 1 aliphatic heterocycles. The van der Waals surface area contributed by atoms with Gasteiger partial charge in [-0.2, -0.15) is 13.2 Å². The fraction of sp³-hybridized carbons (Fsp3) is 0.182. The molecule has 3 N–H and O–H groups in total. The Bertz CT molecular complexity index is 499. The first-order chi connectivity index (χ1) is 8.37. The van der Waals surface area contributed by atoms with Crippen LogP contribution in [-0.2, 0) is 4.79 Å². The molecule has 1 heterocycles. The highest BCUT2D eigenvalue weighted by Gasteiger charge is 2.63. The van der Waals surface area contributed by atoms with E-state index in [1.54, 1.807) is 30.3 Å². The Balaban J connectivity index is 2.32. The highest BCUT2D eigenvalue weighted by atomic mass is 19.4. The highest BCUT2D eigenvalue weighted by Crippen LogP contribution is 2.34. The second-order valence-corrected chi connectivity index (χ2v) is 3.75. The normalized spacial score (nSPS) is 22.9. The molecule has 1 aliphatic rings. The van der Waals surface area contributed by atoms with Crippen molar-refractivity contribution in [3.05, 3.63) is 42.1 Å². The Morgan fingerprint density at radius 2 is 1.83 bits per heavy atom. The summed E-state index contributed by atoms with van der Waals surface area (Å²) < 4.78 is 38.4. The van der Waals surface area contributed by atoms with E-state index in [4.69, 9.17) is 5.11 Å². The standard InChI is InChI=1S/C11H9F3N2O2/c12-11(13,14)10(9(17)18)15-6-8(16-10)7-4-2-1-3-5-7/h1-6,15-16H,(H,17,18). The molecular formula is C11H9F3N2O2. The van der Waals surface area contributed by atoms with Gasteiger partial charge < -0.3 is 15.7 Å². The Labute approximate surface area is 100 Å². The van der Waals surface area contributed by atoms with Crippen LogP contribution in [0.5, 0.6) is 0 Å². The lowest BCUT2D eigenvalue weighted by Crippen LogP contribution is -2.66. The van der Waals surface area contributed by atoms with Crippen molar-refractivity contribution in [2.24, 2.45) is 0 Å². The number of nitrogens with one attached hydrogen (secondary N) is 2. The maximum absolute atomic E-state index is 12.8. The minimum atomic E-state index is -4.97. The zero-order valence-corrected chi connectivity index (χ0v) is 8.95. The van der Waals surface area contributed by atoms with Crippen molar-refractivity contribution in [3.63, 3.8) is 0 Å². The number of hydrogen-bond donors (Lipinski definition) is 3. The smallest absolute Gasteiger partial charge is 0.441 e. The van der Waals surface area contributed by atoms with Crippen LogP contribution >= 0.6 is 0 Å². The van der Waals surface area contributed by atoms with Gasteiger partial charge >= 0.3 is 17.8 Å². The number of rotatable bonds is 2. The number of halogens is 3. The van der Waals surface area contributed by atoms with Gasteiger partial charge in [0.1, 0.15) is 0 Å². The Kier molecular flexibility index (Phi) is 2.68. The molecule has 18 heavy (non-hydrogen) atoms. The van der Waals surface area contributed by atoms with E-state index in [2.05, 4.69) is 0 Å². The summed E-state index contributed by atoms with van der Waals surface area (Å²) in [6.07, 6.45) is -3.96. The van der Waals surface area contributed by atoms with Gasteiger partial charge in [-0.3, -0.25) is 0 Å². The molecule has 0 aliphatic carbocycles. The number of carbonyl (C=O) groups is 1. The van der Waals surface area contributed by atoms with E-state index in [0.29, 0.717) is 5.56 Å². The van der Waals surface area contributed by atoms with Crippen LogP contribution in [0.25, 0.3) is 5.70 Å². The molecule has 0 spiro atoms.